The third-order valence-electron chi connectivity index (χ3n) is 2.76. The number of hydrogen-bond acceptors (Lipinski definition) is 4. The highest BCUT2D eigenvalue weighted by Crippen LogP contribution is 2.25. The monoisotopic (exact) mass is 308 g/mol. The van der Waals surface area contributed by atoms with Crippen molar-refractivity contribution >= 4 is 34.6 Å². The van der Waals surface area contributed by atoms with Crippen molar-refractivity contribution in [3.05, 3.63) is 52.8 Å². The minimum atomic E-state index is -0.494. The maximum atomic E-state index is 13.1. The van der Waals surface area contributed by atoms with Crippen LogP contribution >= 0.6 is 11.6 Å². The van der Waals surface area contributed by atoms with Crippen LogP contribution in [0.1, 0.15) is 17.3 Å². The Bertz CT molecular complexity index is 677. The quantitative estimate of drug-likeness (QED) is 0.662. The molecule has 0 aromatic heterocycles. The van der Waals surface area contributed by atoms with E-state index in [2.05, 4.69) is 5.32 Å². The fourth-order valence-corrected chi connectivity index (χ4v) is 1.94. The number of nitrogen functional groups attached to an aromatic ring is 1. The maximum Gasteiger partial charge on any atom is 0.340 e. The number of esters is 1. The molecule has 0 aliphatic rings. The molecular formula is C15H14ClFN2O2. The second-order valence-corrected chi connectivity index (χ2v) is 4.68. The van der Waals surface area contributed by atoms with Crippen LogP contribution in [0.5, 0.6) is 0 Å². The van der Waals surface area contributed by atoms with E-state index in [0.29, 0.717) is 17.1 Å². The normalized spacial score (nSPS) is 10.2. The van der Waals surface area contributed by atoms with E-state index in [-0.39, 0.29) is 17.2 Å². The smallest absolute Gasteiger partial charge is 0.340 e. The first-order valence-electron chi connectivity index (χ1n) is 6.30. The molecule has 6 heteroatoms. The largest absolute Gasteiger partial charge is 0.462 e. The fourth-order valence-electron chi connectivity index (χ4n) is 1.76. The van der Waals surface area contributed by atoms with Crippen molar-refractivity contribution in [3.63, 3.8) is 0 Å². The summed E-state index contributed by atoms with van der Waals surface area (Å²) in [4.78, 5) is 11.8. The van der Waals surface area contributed by atoms with Gasteiger partial charge in [-0.1, -0.05) is 11.6 Å². The van der Waals surface area contributed by atoms with Gasteiger partial charge in [-0.15, -0.1) is 0 Å². The second-order valence-electron chi connectivity index (χ2n) is 4.28. The van der Waals surface area contributed by atoms with Crippen molar-refractivity contribution < 1.29 is 13.9 Å². The van der Waals surface area contributed by atoms with E-state index < -0.39 is 11.8 Å². The predicted molar refractivity (Wildman–Crippen MR) is 81.5 cm³/mol. The summed E-state index contributed by atoms with van der Waals surface area (Å²) in [6, 6.07) is 9.13. The van der Waals surface area contributed by atoms with Gasteiger partial charge in [-0.2, -0.15) is 0 Å². The Hall–Kier alpha value is -2.27. The van der Waals surface area contributed by atoms with Crippen LogP contribution in [0.2, 0.25) is 5.02 Å². The van der Waals surface area contributed by atoms with Gasteiger partial charge in [-0.3, -0.25) is 0 Å². The van der Waals surface area contributed by atoms with E-state index in [1.807, 2.05) is 0 Å². The van der Waals surface area contributed by atoms with E-state index in [0.717, 1.165) is 0 Å². The SMILES string of the molecule is CCOC(=O)c1cc(Nc2ccc(F)c(Cl)c2)ccc1N. The van der Waals surface area contributed by atoms with Crippen LogP contribution in [0, 0.1) is 5.82 Å². The number of nitrogens with one attached hydrogen (secondary N) is 1. The van der Waals surface area contributed by atoms with E-state index in [9.17, 15) is 9.18 Å². The lowest BCUT2D eigenvalue weighted by molar-refractivity contribution is 0.0527. The molecule has 0 bridgehead atoms. The summed E-state index contributed by atoms with van der Waals surface area (Å²) in [6.45, 7) is 1.99. The van der Waals surface area contributed by atoms with Gasteiger partial charge in [0.15, 0.2) is 0 Å². The maximum absolute atomic E-state index is 13.1. The molecule has 0 saturated heterocycles. The molecule has 2 rings (SSSR count). The zero-order chi connectivity index (χ0) is 15.4. The van der Waals surface area contributed by atoms with Crippen LogP contribution in [0.15, 0.2) is 36.4 Å². The van der Waals surface area contributed by atoms with E-state index >= 15 is 0 Å². The van der Waals surface area contributed by atoms with Gasteiger partial charge in [-0.05, 0) is 43.3 Å². The summed E-state index contributed by atoms with van der Waals surface area (Å²) in [5, 5.41) is 3.04. The van der Waals surface area contributed by atoms with Crippen LogP contribution in [0.25, 0.3) is 0 Å². The molecule has 3 N–H and O–H groups in total. The van der Waals surface area contributed by atoms with Gasteiger partial charge in [0.05, 0.1) is 17.2 Å². The highest BCUT2D eigenvalue weighted by Gasteiger charge is 2.12. The number of nitrogens with two attached hydrogens (primary N) is 1. The summed E-state index contributed by atoms with van der Waals surface area (Å²) in [6.07, 6.45) is 0. The van der Waals surface area contributed by atoms with Crippen LogP contribution < -0.4 is 11.1 Å². The number of benzene rings is 2. The molecule has 110 valence electrons. The number of carbonyl (C=O) groups is 1. The Morgan fingerprint density at radius 3 is 2.62 bits per heavy atom. The van der Waals surface area contributed by atoms with Gasteiger partial charge in [-0.25, -0.2) is 9.18 Å². The zero-order valence-corrected chi connectivity index (χ0v) is 12.1. The molecule has 0 unspecified atom stereocenters. The minimum absolute atomic E-state index is 0.0149. The number of rotatable bonds is 4. The van der Waals surface area contributed by atoms with Crippen LogP contribution in [0.4, 0.5) is 21.5 Å². The highest BCUT2D eigenvalue weighted by atomic mass is 35.5. The molecule has 21 heavy (non-hydrogen) atoms. The van der Waals surface area contributed by atoms with E-state index in [1.165, 1.54) is 12.1 Å². The first kappa shape index (κ1) is 15.1. The molecule has 2 aromatic rings. The standard InChI is InChI=1S/C15H14ClFN2O2/c1-2-21-15(20)11-7-9(4-6-14(11)18)19-10-3-5-13(17)12(16)8-10/h3-8,19H,2,18H2,1H3. The lowest BCUT2D eigenvalue weighted by atomic mass is 10.1. The van der Waals surface area contributed by atoms with Gasteiger partial charge < -0.3 is 15.8 Å². The Morgan fingerprint density at radius 1 is 1.29 bits per heavy atom. The minimum Gasteiger partial charge on any atom is -0.462 e. The van der Waals surface area contributed by atoms with E-state index in [4.69, 9.17) is 22.1 Å². The zero-order valence-electron chi connectivity index (χ0n) is 11.3. The predicted octanol–water partition coefficient (Wildman–Crippen LogP) is 3.98. The molecule has 0 aliphatic carbocycles. The Labute approximate surface area is 126 Å². The first-order chi connectivity index (χ1) is 10.0. The van der Waals surface area contributed by atoms with Gasteiger partial charge in [0.2, 0.25) is 0 Å². The van der Waals surface area contributed by atoms with Crippen LogP contribution in [0.3, 0.4) is 0 Å². The summed E-state index contributed by atoms with van der Waals surface area (Å²) in [5.41, 5.74) is 7.58. The van der Waals surface area contributed by atoms with Crippen molar-refractivity contribution in [1.29, 1.82) is 0 Å². The molecule has 0 heterocycles. The second kappa shape index (κ2) is 6.45. The van der Waals surface area contributed by atoms with Crippen molar-refractivity contribution in [1.82, 2.24) is 0 Å². The Kier molecular flexibility index (Phi) is 4.65. The molecule has 0 amide bonds. The summed E-state index contributed by atoms with van der Waals surface area (Å²) < 4.78 is 18.0. The van der Waals surface area contributed by atoms with E-state index in [1.54, 1.807) is 31.2 Å². The molecule has 0 saturated carbocycles. The first-order valence-corrected chi connectivity index (χ1v) is 6.67. The van der Waals surface area contributed by atoms with Crippen molar-refractivity contribution in [2.45, 2.75) is 6.92 Å². The van der Waals surface area contributed by atoms with Crippen LogP contribution in [-0.4, -0.2) is 12.6 Å². The lowest BCUT2D eigenvalue weighted by Gasteiger charge is -2.10. The summed E-state index contributed by atoms with van der Waals surface area (Å²) >= 11 is 5.72. The molecule has 0 radical (unpaired) electrons. The molecule has 0 atom stereocenters. The summed E-state index contributed by atoms with van der Waals surface area (Å²) in [7, 11) is 0. The third kappa shape index (κ3) is 3.64. The lowest BCUT2D eigenvalue weighted by Crippen LogP contribution is -2.08. The van der Waals surface area contributed by atoms with Gasteiger partial charge >= 0.3 is 5.97 Å². The van der Waals surface area contributed by atoms with Crippen molar-refractivity contribution in [2.75, 3.05) is 17.7 Å². The molecule has 0 spiro atoms. The van der Waals surface area contributed by atoms with Gasteiger partial charge in [0.25, 0.3) is 0 Å². The highest BCUT2D eigenvalue weighted by molar-refractivity contribution is 6.31. The number of anilines is 3. The molecule has 0 fully saturated rings. The topological polar surface area (TPSA) is 64.3 Å². The molecular weight excluding hydrogens is 295 g/mol. The molecule has 4 nitrogen and oxygen atoms in total. The summed E-state index contributed by atoms with van der Waals surface area (Å²) in [5.74, 6) is -0.984. The van der Waals surface area contributed by atoms with Gasteiger partial charge in [0, 0.05) is 17.1 Å². The number of ether oxygens (including phenoxy) is 1. The van der Waals surface area contributed by atoms with Crippen LogP contribution in [-0.2, 0) is 4.74 Å². The van der Waals surface area contributed by atoms with Gasteiger partial charge in [0.1, 0.15) is 5.82 Å². The van der Waals surface area contributed by atoms with Crippen molar-refractivity contribution in [3.8, 4) is 0 Å². The third-order valence-corrected chi connectivity index (χ3v) is 3.05. The Morgan fingerprint density at radius 2 is 1.95 bits per heavy atom. The average Bonchev–Trinajstić information content (AvgIpc) is 2.45. The number of hydrogen-bond donors (Lipinski definition) is 2. The molecule has 2 aromatic carbocycles. The average molecular weight is 309 g/mol. The number of carbonyl (C=O) groups excluding carboxylic acids is 1. The Balaban J connectivity index is 2.26. The number of halogens is 2. The fraction of sp³-hybridized carbons (Fsp3) is 0.133. The van der Waals surface area contributed by atoms with Crippen molar-refractivity contribution in [2.24, 2.45) is 0 Å². The molecule has 0 aliphatic heterocycles.